The summed E-state index contributed by atoms with van der Waals surface area (Å²) in [5, 5.41) is 0. The Kier molecular flexibility index (Phi) is 21.4. The minimum Gasteiger partial charge on any atom is -0.302 e. The largest absolute Gasteiger partial charge is 0.472 e. The molecule has 0 heterocycles. The maximum Gasteiger partial charge on any atom is 0.472 e. The van der Waals surface area contributed by atoms with Crippen LogP contribution in [0.4, 0.5) is 0 Å². The van der Waals surface area contributed by atoms with E-state index in [1.54, 1.807) is 0 Å². The van der Waals surface area contributed by atoms with Gasteiger partial charge >= 0.3 is 7.82 Å². The van der Waals surface area contributed by atoms with E-state index in [1.165, 1.54) is 89.9 Å². The fraction of sp³-hybridized carbons (Fsp3) is 1.00. The van der Waals surface area contributed by atoms with Crippen LogP contribution in [0.3, 0.4) is 0 Å². The Balaban J connectivity index is 3.33. The zero-order valence-electron chi connectivity index (χ0n) is 19.8. The van der Waals surface area contributed by atoms with E-state index in [-0.39, 0.29) is 0 Å². The van der Waals surface area contributed by atoms with Crippen LogP contribution in [0.15, 0.2) is 0 Å². The lowest BCUT2D eigenvalue weighted by Gasteiger charge is -2.12. The molecule has 0 aliphatic rings. The molecule has 0 amide bonds. The number of hydrogen-bond acceptors (Lipinski definition) is 3. The molecule has 0 aliphatic heterocycles. The highest BCUT2D eigenvalue weighted by atomic mass is 31.2. The molecule has 0 spiro atoms. The number of rotatable bonds is 23. The Morgan fingerprint density at radius 2 is 0.966 bits per heavy atom. The molecule has 0 aromatic rings. The first-order valence-electron chi connectivity index (χ1n) is 12.6. The molecule has 176 valence electrons. The Labute approximate surface area is 182 Å². The van der Waals surface area contributed by atoms with Gasteiger partial charge in [-0.3, -0.25) is 9.05 Å². The van der Waals surface area contributed by atoms with Gasteiger partial charge in [0.2, 0.25) is 0 Å². The Hall–Kier alpha value is 0.110. The van der Waals surface area contributed by atoms with E-state index in [9.17, 15) is 9.46 Å². The van der Waals surface area contributed by atoms with Gasteiger partial charge in [0.25, 0.3) is 0 Å². The molecule has 1 unspecified atom stereocenters. The lowest BCUT2D eigenvalue weighted by Crippen LogP contribution is -1.99. The Morgan fingerprint density at radius 3 is 1.34 bits per heavy atom. The smallest absolute Gasteiger partial charge is 0.302 e. The van der Waals surface area contributed by atoms with E-state index in [0.717, 1.165) is 31.6 Å². The Morgan fingerprint density at radius 1 is 0.621 bits per heavy atom. The van der Waals surface area contributed by atoms with Crippen molar-refractivity contribution < 1.29 is 18.5 Å². The van der Waals surface area contributed by atoms with Crippen molar-refractivity contribution in [2.45, 2.75) is 136 Å². The van der Waals surface area contributed by atoms with Crippen molar-refractivity contribution in [1.29, 1.82) is 0 Å². The third-order valence-electron chi connectivity index (χ3n) is 5.43. The molecule has 0 aromatic heterocycles. The molecule has 1 N–H and O–H groups in total. The van der Waals surface area contributed by atoms with Crippen LogP contribution in [0.2, 0.25) is 0 Å². The van der Waals surface area contributed by atoms with Crippen molar-refractivity contribution in [3.05, 3.63) is 0 Å². The highest BCUT2D eigenvalue weighted by molar-refractivity contribution is 7.47. The van der Waals surface area contributed by atoms with E-state index >= 15 is 0 Å². The number of hydrogen-bond donors (Lipinski definition) is 1. The van der Waals surface area contributed by atoms with Gasteiger partial charge in [0.05, 0.1) is 13.2 Å². The van der Waals surface area contributed by atoms with Gasteiger partial charge < -0.3 is 4.89 Å². The standard InChI is InChI=1S/C24H51O4P/c1-4-5-6-7-8-10-13-16-19-22-27-29(25,26)28-23-20-17-14-11-9-12-15-18-21-24(2)3/h24H,4-23H2,1-3H3,(H,25,26). The molecule has 0 saturated carbocycles. The fourth-order valence-corrected chi connectivity index (χ4v) is 4.32. The van der Waals surface area contributed by atoms with E-state index < -0.39 is 7.82 Å². The predicted octanol–water partition coefficient (Wildman–Crippen LogP) is 8.82. The number of phosphoric ester groups is 1. The average molecular weight is 435 g/mol. The first-order valence-corrected chi connectivity index (χ1v) is 14.1. The number of phosphoric acid groups is 1. The minimum absolute atomic E-state index is 0.319. The third kappa shape index (κ3) is 24.3. The molecule has 0 bridgehead atoms. The second-order valence-electron chi connectivity index (χ2n) is 8.97. The minimum atomic E-state index is -3.85. The van der Waals surface area contributed by atoms with E-state index in [4.69, 9.17) is 9.05 Å². The summed E-state index contributed by atoms with van der Waals surface area (Å²) < 4.78 is 22.0. The predicted molar refractivity (Wildman–Crippen MR) is 125 cm³/mol. The number of unbranched alkanes of at least 4 members (excludes halogenated alkanes) is 15. The average Bonchev–Trinajstić information content (AvgIpc) is 2.67. The summed E-state index contributed by atoms with van der Waals surface area (Å²) in [6.45, 7) is 7.45. The van der Waals surface area contributed by atoms with Gasteiger partial charge in [-0.15, -0.1) is 0 Å². The molecule has 0 radical (unpaired) electrons. The molecule has 0 aromatic carbocycles. The van der Waals surface area contributed by atoms with Gasteiger partial charge in [0.15, 0.2) is 0 Å². The molecule has 0 fully saturated rings. The van der Waals surface area contributed by atoms with Gasteiger partial charge in [-0.05, 0) is 18.8 Å². The second kappa shape index (κ2) is 21.3. The fourth-order valence-electron chi connectivity index (χ4n) is 3.53. The molecule has 0 saturated heterocycles. The van der Waals surface area contributed by atoms with Gasteiger partial charge in [0, 0.05) is 0 Å². The van der Waals surface area contributed by atoms with Gasteiger partial charge in [-0.1, -0.05) is 124 Å². The molecule has 1 atom stereocenters. The SMILES string of the molecule is CCCCCCCCCCCOP(=O)(O)OCCCCCCCCCCC(C)C. The van der Waals surface area contributed by atoms with Gasteiger partial charge in [-0.2, -0.15) is 0 Å². The van der Waals surface area contributed by atoms with Crippen LogP contribution in [0.1, 0.15) is 136 Å². The van der Waals surface area contributed by atoms with Crippen LogP contribution in [0.5, 0.6) is 0 Å². The molecular weight excluding hydrogens is 383 g/mol. The van der Waals surface area contributed by atoms with Crippen LogP contribution in [0.25, 0.3) is 0 Å². The molecular formula is C24H51O4P. The first kappa shape index (κ1) is 29.1. The van der Waals surface area contributed by atoms with Crippen molar-refractivity contribution in [1.82, 2.24) is 0 Å². The monoisotopic (exact) mass is 434 g/mol. The van der Waals surface area contributed by atoms with Crippen LogP contribution >= 0.6 is 7.82 Å². The van der Waals surface area contributed by atoms with Crippen molar-refractivity contribution in [3.63, 3.8) is 0 Å². The van der Waals surface area contributed by atoms with Crippen LogP contribution < -0.4 is 0 Å². The maximum absolute atomic E-state index is 11.8. The molecule has 29 heavy (non-hydrogen) atoms. The normalized spacial score (nSPS) is 13.8. The maximum atomic E-state index is 11.8. The van der Waals surface area contributed by atoms with E-state index in [1.807, 2.05) is 0 Å². The lowest BCUT2D eigenvalue weighted by molar-refractivity contribution is 0.145. The van der Waals surface area contributed by atoms with Crippen molar-refractivity contribution in [2.75, 3.05) is 13.2 Å². The first-order chi connectivity index (χ1) is 14.0. The summed E-state index contributed by atoms with van der Waals surface area (Å²) in [6.07, 6.45) is 22.0. The van der Waals surface area contributed by atoms with Crippen LogP contribution in [0, 0.1) is 5.92 Å². The zero-order chi connectivity index (χ0) is 21.6. The van der Waals surface area contributed by atoms with Crippen molar-refractivity contribution >= 4 is 7.82 Å². The highest BCUT2D eigenvalue weighted by Gasteiger charge is 2.19. The second-order valence-corrected chi connectivity index (χ2v) is 10.4. The summed E-state index contributed by atoms with van der Waals surface area (Å²) in [5.41, 5.74) is 0. The molecule has 0 rings (SSSR count). The summed E-state index contributed by atoms with van der Waals surface area (Å²) >= 11 is 0. The quantitative estimate of drug-likeness (QED) is 0.129. The van der Waals surface area contributed by atoms with E-state index in [0.29, 0.717) is 13.2 Å². The molecule has 4 nitrogen and oxygen atoms in total. The summed E-state index contributed by atoms with van der Waals surface area (Å²) in [4.78, 5) is 9.71. The zero-order valence-corrected chi connectivity index (χ0v) is 20.7. The van der Waals surface area contributed by atoms with Crippen molar-refractivity contribution in [2.24, 2.45) is 5.92 Å². The highest BCUT2D eigenvalue weighted by Crippen LogP contribution is 2.43. The summed E-state index contributed by atoms with van der Waals surface area (Å²) in [5.74, 6) is 0.826. The van der Waals surface area contributed by atoms with E-state index in [2.05, 4.69) is 20.8 Å². The lowest BCUT2D eigenvalue weighted by atomic mass is 10.0. The third-order valence-corrected chi connectivity index (χ3v) is 6.45. The molecule has 5 heteroatoms. The van der Waals surface area contributed by atoms with Gasteiger partial charge in [-0.25, -0.2) is 4.57 Å². The van der Waals surface area contributed by atoms with Crippen LogP contribution in [-0.2, 0) is 13.6 Å². The summed E-state index contributed by atoms with van der Waals surface area (Å²) in [7, 11) is -3.85. The van der Waals surface area contributed by atoms with Crippen molar-refractivity contribution in [3.8, 4) is 0 Å². The topological polar surface area (TPSA) is 55.8 Å². The Bertz CT molecular complexity index is 374. The summed E-state index contributed by atoms with van der Waals surface area (Å²) in [6, 6.07) is 0. The van der Waals surface area contributed by atoms with Crippen LogP contribution in [-0.4, -0.2) is 18.1 Å². The van der Waals surface area contributed by atoms with Gasteiger partial charge in [0.1, 0.15) is 0 Å². The molecule has 0 aliphatic carbocycles.